The summed E-state index contributed by atoms with van der Waals surface area (Å²) >= 11 is 0. The molecule has 3 rings (SSSR count). The molecule has 156 valence electrons. The second kappa shape index (κ2) is 9.02. The Labute approximate surface area is 164 Å². The number of hydrogen-bond acceptors (Lipinski definition) is 8. The van der Waals surface area contributed by atoms with Gasteiger partial charge in [0.1, 0.15) is 23.4 Å². The maximum atomic E-state index is 10.2. The Balaban J connectivity index is 0.000000321. The van der Waals surface area contributed by atoms with Gasteiger partial charge in [0.15, 0.2) is 11.5 Å². The number of phenolic OH excluding ortho intramolecular Hbond substituents is 4. The van der Waals surface area contributed by atoms with Crippen molar-refractivity contribution < 1.29 is 50.1 Å². The van der Waals surface area contributed by atoms with Crippen molar-refractivity contribution in [2.24, 2.45) is 0 Å². The topological polar surface area (TPSA) is 185 Å². The summed E-state index contributed by atoms with van der Waals surface area (Å²) < 4.78 is 5.62. The van der Waals surface area contributed by atoms with E-state index in [4.69, 9.17) is 14.9 Å². The van der Waals surface area contributed by atoms with Gasteiger partial charge >= 0.3 is 11.9 Å². The van der Waals surface area contributed by atoms with E-state index in [-0.39, 0.29) is 48.0 Å². The monoisotopic (exact) mass is 408 g/mol. The number of fused-ring (bicyclic) bond motifs is 1. The lowest BCUT2D eigenvalue weighted by Gasteiger charge is -2.31. The van der Waals surface area contributed by atoms with Crippen LogP contribution in [-0.2, 0) is 16.0 Å². The van der Waals surface area contributed by atoms with Crippen LogP contribution in [0.25, 0.3) is 0 Å². The molecule has 2 aromatic carbocycles. The van der Waals surface area contributed by atoms with Gasteiger partial charge in [-0.15, -0.1) is 0 Å². The second-order valence-corrected chi connectivity index (χ2v) is 6.29. The van der Waals surface area contributed by atoms with E-state index in [1.54, 1.807) is 0 Å². The quantitative estimate of drug-likeness (QED) is 0.365. The first-order valence-electron chi connectivity index (χ1n) is 8.43. The maximum absolute atomic E-state index is 10.2. The Morgan fingerprint density at radius 3 is 2.07 bits per heavy atom. The predicted octanol–water partition coefficient (Wildman–Crippen LogP) is 1.48. The Morgan fingerprint density at radius 2 is 1.52 bits per heavy atom. The lowest BCUT2D eigenvalue weighted by atomic mass is 9.94. The molecule has 1 heterocycles. The first kappa shape index (κ1) is 21.6. The fraction of sp³-hybridized carbons (Fsp3) is 0.263. The maximum Gasteiger partial charge on any atom is 0.303 e. The Morgan fingerprint density at radius 1 is 0.897 bits per heavy atom. The molecular weight excluding hydrogens is 388 g/mol. The van der Waals surface area contributed by atoms with Gasteiger partial charge in [-0.25, -0.2) is 0 Å². The minimum absolute atomic E-state index is 0.143. The molecular formula is C19H20O10. The summed E-state index contributed by atoms with van der Waals surface area (Å²) in [4.78, 5) is 19.3. The number of aliphatic hydroxyl groups excluding tert-OH is 1. The van der Waals surface area contributed by atoms with Gasteiger partial charge in [0.25, 0.3) is 0 Å². The van der Waals surface area contributed by atoms with E-state index in [2.05, 4.69) is 0 Å². The Kier molecular flexibility index (Phi) is 6.73. The van der Waals surface area contributed by atoms with Crippen LogP contribution >= 0.6 is 0 Å². The molecule has 0 fully saturated rings. The van der Waals surface area contributed by atoms with Gasteiger partial charge in [-0.2, -0.15) is 0 Å². The fourth-order valence-electron chi connectivity index (χ4n) is 2.68. The highest BCUT2D eigenvalue weighted by molar-refractivity contribution is 5.75. The van der Waals surface area contributed by atoms with Crippen molar-refractivity contribution in [3.05, 3.63) is 41.5 Å². The lowest BCUT2D eigenvalue weighted by molar-refractivity contribution is -0.143. The van der Waals surface area contributed by atoms with Crippen molar-refractivity contribution in [3.63, 3.8) is 0 Å². The molecule has 2 atom stereocenters. The molecule has 0 aliphatic carbocycles. The van der Waals surface area contributed by atoms with Gasteiger partial charge in [0, 0.05) is 24.1 Å². The molecule has 2 aromatic rings. The van der Waals surface area contributed by atoms with Crippen LogP contribution in [0.3, 0.4) is 0 Å². The van der Waals surface area contributed by atoms with Gasteiger partial charge in [0.05, 0.1) is 18.9 Å². The van der Waals surface area contributed by atoms with E-state index in [0.29, 0.717) is 11.1 Å². The molecule has 0 saturated carbocycles. The van der Waals surface area contributed by atoms with Crippen LogP contribution in [0.15, 0.2) is 30.3 Å². The van der Waals surface area contributed by atoms with E-state index >= 15 is 0 Å². The zero-order valence-corrected chi connectivity index (χ0v) is 15.0. The molecule has 0 radical (unpaired) electrons. The zero-order valence-electron chi connectivity index (χ0n) is 15.0. The number of ether oxygens (including phenoxy) is 1. The molecule has 1 aliphatic heterocycles. The van der Waals surface area contributed by atoms with E-state index in [1.165, 1.54) is 30.3 Å². The number of aromatic hydroxyl groups is 4. The average Bonchev–Trinajstić information content (AvgIpc) is 2.63. The third kappa shape index (κ3) is 5.66. The summed E-state index contributed by atoms with van der Waals surface area (Å²) in [6.07, 6.45) is -2.15. The number of benzene rings is 2. The van der Waals surface area contributed by atoms with Gasteiger partial charge < -0.3 is 40.5 Å². The molecule has 0 amide bonds. The molecule has 10 heteroatoms. The number of phenols is 4. The fourth-order valence-corrected chi connectivity index (χ4v) is 2.68. The minimum atomic E-state index is -1.08. The number of carboxylic acid groups (broad SMARTS) is 2. The minimum Gasteiger partial charge on any atom is -0.508 e. The van der Waals surface area contributed by atoms with Crippen LogP contribution < -0.4 is 4.74 Å². The summed E-state index contributed by atoms with van der Waals surface area (Å²) in [7, 11) is 0. The molecule has 29 heavy (non-hydrogen) atoms. The van der Waals surface area contributed by atoms with Gasteiger partial charge in [-0.1, -0.05) is 6.07 Å². The van der Waals surface area contributed by atoms with Crippen molar-refractivity contribution >= 4 is 11.9 Å². The van der Waals surface area contributed by atoms with Crippen molar-refractivity contribution in [1.82, 2.24) is 0 Å². The number of aliphatic carboxylic acids is 2. The standard InChI is InChI=1S/C15H14O6.C4H6O4/c16-8-4-11(18)9-6-13(20)15(21-14(9)5-8)7-1-2-10(17)12(19)3-7;5-3(6)1-2-4(7)8/h1-5,13,15-20H,6H2;1-2H2,(H,5,6)(H,7,8)/t13-,15+;/m0./s1. The molecule has 0 bridgehead atoms. The van der Waals surface area contributed by atoms with E-state index in [0.717, 1.165) is 0 Å². The van der Waals surface area contributed by atoms with Gasteiger partial charge in [-0.3, -0.25) is 9.59 Å². The molecule has 10 nitrogen and oxygen atoms in total. The summed E-state index contributed by atoms with van der Waals surface area (Å²) in [5, 5.41) is 64.1. The normalized spacial score (nSPS) is 17.3. The van der Waals surface area contributed by atoms with Gasteiger partial charge in [0.2, 0.25) is 0 Å². The van der Waals surface area contributed by atoms with E-state index < -0.39 is 24.1 Å². The second-order valence-electron chi connectivity index (χ2n) is 6.29. The smallest absolute Gasteiger partial charge is 0.303 e. The molecule has 0 unspecified atom stereocenters. The number of carboxylic acids is 2. The van der Waals surface area contributed by atoms with Crippen molar-refractivity contribution in [1.29, 1.82) is 0 Å². The highest BCUT2D eigenvalue weighted by Gasteiger charge is 2.32. The highest BCUT2D eigenvalue weighted by Crippen LogP contribution is 2.42. The van der Waals surface area contributed by atoms with Crippen LogP contribution in [0, 0.1) is 0 Å². The third-order valence-corrected chi connectivity index (χ3v) is 4.07. The predicted molar refractivity (Wildman–Crippen MR) is 97.1 cm³/mol. The highest BCUT2D eigenvalue weighted by atomic mass is 16.5. The van der Waals surface area contributed by atoms with Crippen molar-refractivity contribution in [3.8, 4) is 28.7 Å². The Bertz CT molecular complexity index is 894. The molecule has 0 saturated heterocycles. The first-order chi connectivity index (χ1) is 13.6. The number of rotatable bonds is 4. The molecule has 7 N–H and O–H groups in total. The SMILES string of the molecule is O=C(O)CCC(=O)O.Oc1cc(O)c2c(c1)O[C@H](c1ccc(O)c(O)c1)[C@@H](O)C2. The number of hydrogen-bond donors (Lipinski definition) is 7. The van der Waals surface area contributed by atoms with Crippen LogP contribution in [0.5, 0.6) is 28.7 Å². The van der Waals surface area contributed by atoms with Crippen LogP contribution in [0.2, 0.25) is 0 Å². The van der Waals surface area contributed by atoms with Gasteiger partial charge in [-0.05, 0) is 17.7 Å². The zero-order chi connectivity index (χ0) is 21.7. The largest absolute Gasteiger partial charge is 0.508 e. The third-order valence-electron chi connectivity index (χ3n) is 4.07. The van der Waals surface area contributed by atoms with Crippen molar-refractivity contribution in [2.75, 3.05) is 0 Å². The summed E-state index contributed by atoms with van der Waals surface area (Å²) in [6.45, 7) is 0. The van der Waals surface area contributed by atoms with Crippen molar-refractivity contribution in [2.45, 2.75) is 31.5 Å². The first-order valence-corrected chi connectivity index (χ1v) is 8.43. The van der Waals surface area contributed by atoms with Crippen LogP contribution in [-0.4, -0.2) is 53.8 Å². The summed E-state index contributed by atoms with van der Waals surface area (Å²) in [6, 6.07) is 6.67. The number of aliphatic hydroxyl groups is 1. The lowest BCUT2D eigenvalue weighted by Crippen LogP contribution is -2.30. The number of carbonyl (C=O) groups is 2. The molecule has 1 aliphatic rings. The van der Waals surface area contributed by atoms with Crippen LogP contribution in [0.4, 0.5) is 0 Å². The molecule has 0 aromatic heterocycles. The Hall–Kier alpha value is -3.66. The van der Waals surface area contributed by atoms with E-state index in [1.807, 2.05) is 0 Å². The summed E-state index contributed by atoms with van der Waals surface area (Å²) in [5.41, 5.74) is 0.894. The molecule has 0 spiro atoms. The average molecular weight is 408 g/mol. The van der Waals surface area contributed by atoms with E-state index in [9.17, 15) is 35.1 Å². The summed E-state index contributed by atoms with van der Waals surface area (Å²) in [5.74, 6) is -2.74. The van der Waals surface area contributed by atoms with Crippen LogP contribution in [0.1, 0.15) is 30.1 Å².